The van der Waals surface area contributed by atoms with Crippen LogP contribution in [0.1, 0.15) is 32.8 Å². The van der Waals surface area contributed by atoms with Crippen LogP contribution in [0.2, 0.25) is 0 Å². The Kier molecular flexibility index (Phi) is 5.69. The van der Waals surface area contributed by atoms with E-state index in [2.05, 4.69) is 0 Å². The van der Waals surface area contributed by atoms with Gasteiger partial charge in [-0.25, -0.2) is 0 Å². The molecule has 0 aromatic heterocycles. The highest BCUT2D eigenvalue weighted by Gasteiger charge is 2.38. The van der Waals surface area contributed by atoms with E-state index in [0.29, 0.717) is 11.3 Å². The van der Waals surface area contributed by atoms with Crippen LogP contribution >= 0.6 is 0 Å². The molecule has 0 radical (unpaired) electrons. The summed E-state index contributed by atoms with van der Waals surface area (Å²) in [5.74, 6) is -2.36. The molecule has 0 fully saturated rings. The van der Waals surface area contributed by atoms with E-state index in [9.17, 15) is 19.7 Å². The second-order valence-electron chi connectivity index (χ2n) is 7.12. The van der Waals surface area contributed by atoms with Crippen LogP contribution in [0.25, 0.3) is 0 Å². The third kappa shape index (κ3) is 4.34. The molecule has 27 heavy (non-hydrogen) atoms. The summed E-state index contributed by atoms with van der Waals surface area (Å²) in [6.07, 6.45) is 0.379. The summed E-state index contributed by atoms with van der Waals surface area (Å²) in [5.41, 5.74) is -0.179. The fraction of sp³-hybridized carbons (Fsp3) is 0.500. The number of nitro benzene ring substituents is 1. The molecule has 1 aromatic carbocycles. The molecule has 9 heteroatoms. The third-order valence-corrected chi connectivity index (χ3v) is 4.05. The second kappa shape index (κ2) is 7.61. The Bertz CT molecular complexity index is 822. The van der Waals surface area contributed by atoms with Gasteiger partial charge in [-0.05, 0) is 39.2 Å². The molecule has 1 atom stereocenters. The average Bonchev–Trinajstić information content (AvgIpc) is 2.69. The Balaban J connectivity index is 2.51. The second-order valence-corrected chi connectivity index (χ2v) is 7.12. The number of rotatable bonds is 4. The number of ether oxygens (including phenoxy) is 2. The van der Waals surface area contributed by atoms with Crippen molar-refractivity contribution >= 4 is 23.3 Å². The molecule has 144 valence electrons. The summed E-state index contributed by atoms with van der Waals surface area (Å²) in [4.78, 5) is 37.3. The van der Waals surface area contributed by atoms with Gasteiger partial charge in [0.05, 0.1) is 23.8 Å². The molecule has 0 saturated carbocycles. The van der Waals surface area contributed by atoms with E-state index < -0.39 is 28.3 Å². The maximum Gasteiger partial charge on any atom is 0.319 e. The van der Waals surface area contributed by atoms with Gasteiger partial charge in [0.15, 0.2) is 5.75 Å². The SMILES string of the molecule is COc1cc2c(cc1[N+](=O)[O-])CC[C@H](C(=O)OC(C)(C)C)C(=O)N2CC#N. The number of anilines is 1. The number of benzene rings is 1. The van der Waals surface area contributed by atoms with Gasteiger partial charge >= 0.3 is 11.7 Å². The number of nitriles is 1. The molecule has 1 aromatic rings. The van der Waals surface area contributed by atoms with E-state index in [1.807, 2.05) is 6.07 Å². The van der Waals surface area contributed by atoms with E-state index in [1.165, 1.54) is 19.2 Å². The van der Waals surface area contributed by atoms with Crippen LogP contribution in [0.5, 0.6) is 5.75 Å². The summed E-state index contributed by atoms with van der Waals surface area (Å²) in [6, 6.07) is 4.58. The van der Waals surface area contributed by atoms with Crippen molar-refractivity contribution in [3.63, 3.8) is 0 Å². The number of aryl methyl sites for hydroxylation is 1. The van der Waals surface area contributed by atoms with Crippen LogP contribution in [0, 0.1) is 27.4 Å². The molecule has 0 N–H and O–H groups in total. The van der Waals surface area contributed by atoms with Gasteiger partial charge < -0.3 is 9.47 Å². The molecule has 0 aliphatic carbocycles. The Labute approximate surface area is 156 Å². The van der Waals surface area contributed by atoms with E-state index in [4.69, 9.17) is 14.7 Å². The van der Waals surface area contributed by atoms with Crippen LogP contribution in [0.15, 0.2) is 12.1 Å². The maximum atomic E-state index is 12.9. The molecule has 0 unspecified atom stereocenters. The van der Waals surface area contributed by atoms with Gasteiger partial charge in [-0.15, -0.1) is 0 Å². The van der Waals surface area contributed by atoms with Gasteiger partial charge in [0.2, 0.25) is 5.91 Å². The van der Waals surface area contributed by atoms with Crippen molar-refractivity contribution in [2.75, 3.05) is 18.6 Å². The summed E-state index contributed by atoms with van der Waals surface area (Å²) in [7, 11) is 1.28. The standard InChI is InChI=1S/C18H21N3O6/c1-18(2,3)27-17(23)12-6-5-11-9-14(21(24)25)15(26-4)10-13(11)20(8-7-19)16(12)22/h9-10,12H,5-6,8H2,1-4H3/t12-/m0/s1. The Morgan fingerprint density at radius 2 is 2.11 bits per heavy atom. The number of methoxy groups -OCH3 is 1. The Hall–Kier alpha value is -3.15. The number of hydrogen-bond donors (Lipinski definition) is 0. The molecular formula is C18H21N3O6. The maximum absolute atomic E-state index is 12.9. The largest absolute Gasteiger partial charge is 0.490 e. The van der Waals surface area contributed by atoms with Gasteiger partial charge in [-0.2, -0.15) is 5.26 Å². The first kappa shape index (κ1) is 20.2. The molecule has 1 amide bonds. The lowest BCUT2D eigenvalue weighted by atomic mass is 9.99. The van der Waals surface area contributed by atoms with E-state index in [-0.39, 0.29) is 30.8 Å². The Morgan fingerprint density at radius 3 is 2.63 bits per heavy atom. The van der Waals surface area contributed by atoms with Gasteiger partial charge in [-0.1, -0.05) is 0 Å². The van der Waals surface area contributed by atoms with Crippen molar-refractivity contribution in [2.24, 2.45) is 5.92 Å². The number of nitro groups is 1. The zero-order valence-electron chi connectivity index (χ0n) is 15.6. The molecule has 2 rings (SSSR count). The smallest absolute Gasteiger partial charge is 0.319 e. The summed E-state index contributed by atoms with van der Waals surface area (Å²) in [6.45, 7) is 4.79. The zero-order chi connectivity index (χ0) is 20.4. The lowest BCUT2D eigenvalue weighted by molar-refractivity contribution is -0.385. The molecule has 1 aliphatic rings. The van der Waals surface area contributed by atoms with Crippen molar-refractivity contribution in [1.29, 1.82) is 5.26 Å². The first-order chi connectivity index (χ1) is 12.6. The summed E-state index contributed by atoms with van der Waals surface area (Å²) < 4.78 is 10.4. The predicted molar refractivity (Wildman–Crippen MR) is 95.3 cm³/mol. The number of amides is 1. The molecular weight excluding hydrogens is 354 g/mol. The topological polar surface area (TPSA) is 123 Å². The normalized spacial score (nSPS) is 16.8. The highest BCUT2D eigenvalue weighted by atomic mass is 16.6. The van der Waals surface area contributed by atoms with Gasteiger partial charge in [0.25, 0.3) is 0 Å². The van der Waals surface area contributed by atoms with Crippen molar-refractivity contribution in [2.45, 2.75) is 39.2 Å². The first-order valence-corrected chi connectivity index (χ1v) is 8.35. The minimum atomic E-state index is -1.09. The molecule has 1 aliphatic heterocycles. The fourth-order valence-corrected chi connectivity index (χ4v) is 2.91. The lowest BCUT2D eigenvalue weighted by Gasteiger charge is -2.26. The van der Waals surface area contributed by atoms with Crippen molar-refractivity contribution in [3.05, 3.63) is 27.8 Å². The highest BCUT2D eigenvalue weighted by Crippen LogP contribution is 2.38. The summed E-state index contributed by atoms with van der Waals surface area (Å²) in [5, 5.41) is 20.4. The van der Waals surface area contributed by atoms with E-state index in [0.717, 1.165) is 4.90 Å². The van der Waals surface area contributed by atoms with Gasteiger partial charge in [-0.3, -0.25) is 24.6 Å². The van der Waals surface area contributed by atoms with E-state index in [1.54, 1.807) is 20.8 Å². The van der Waals surface area contributed by atoms with Crippen molar-refractivity contribution in [1.82, 2.24) is 0 Å². The quantitative estimate of drug-likeness (QED) is 0.260. The number of hydrogen-bond acceptors (Lipinski definition) is 7. The molecule has 1 heterocycles. The number of carbonyl (C=O) groups is 2. The van der Waals surface area contributed by atoms with Gasteiger partial charge in [0.1, 0.15) is 18.1 Å². The zero-order valence-corrected chi connectivity index (χ0v) is 15.6. The monoisotopic (exact) mass is 375 g/mol. The number of carbonyl (C=O) groups excluding carboxylic acids is 2. The van der Waals surface area contributed by atoms with E-state index >= 15 is 0 Å². The number of nitrogens with zero attached hydrogens (tertiary/aromatic N) is 3. The van der Waals surface area contributed by atoms with Crippen LogP contribution in [-0.4, -0.2) is 36.1 Å². The lowest BCUT2D eigenvalue weighted by Crippen LogP contribution is -2.41. The average molecular weight is 375 g/mol. The van der Waals surface area contributed by atoms with Crippen LogP contribution in [-0.2, 0) is 20.7 Å². The van der Waals surface area contributed by atoms with Crippen LogP contribution in [0.4, 0.5) is 11.4 Å². The molecule has 0 bridgehead atoms. The molecule has 0 saturated heterocycles. The van der Waals surface area contributed by atoms with Crippen LogP contribution < -0.4 is 9.64 Å². The predicted octanol–water partition coefficient (Wildman–Crippen LogP) is 2.36. The number of fused-ring (bicyclic) bond motifs is 1. The van der Waals surface area contributed by atoms with Crippen LogP contribution in [0.3, 0.4) is 0 Å². The minimum Gasteiger partial charge on any atom is -0.490 e. The molecule has 9 nitrogen and oxygen atoms in total. The van der Waals surface area contributed by atoms with Crippen molar-refractivity contribution < 1.29 is 24.0 Å². The fourth-order valence-electron chi connectivity index (χ4n) is 2.91. The van der Waals surface area contributed by atoms with Gasteiger partial charge in [0, 0.05) is 12.1 Å². The molecule has 0 spiro atoms. The number of esters is 1. The third-order valence-electron chi connectivity index (χ3n) is 4.05. The summed E-state index contributed by atoms with van der Waals surface area (Å²) >= 11 is 0. The van der Waals surface area contributed by atoms with Crippen molar-refractivity contribution in [3.8, 4) is 11.8 Å². The first-order valence-electron chi connectivity index (χ1n) is 8.35. The Morgan fingerprint density at radius 1 is 1.44 bits per heavy atom. The minimum absolute atomic E-state index is 0.0230. The highest BCUT2D eigenvalue weighted by molar-refractivity contribution is 6.07.